The third kappa shape index (κ3) is 4.47. The molecule has 4 heteroatoms. The van der Waals surface area contributed by atoms with Crippen LogP contribution in [0.4, 0.5) is 8.78 Å². The zero-order chi connectivity index (χ0) is 37.2. The number of benzene rings is 4. The predicted octanol–water partition coefficient (Wildman–Crippen LogP) is 11.5. The Morgan fingerprint density at radius 1 is 0.679 bits per heavy atom. The van der Waals surface area contributed by atoms with Gasteiger partial charge in [0.1, 0.15) is 18.7 Å². The van der Waals surface area contributed by atoms with Crippen LogP contribution in [0.15, 0.2) is 84.7 Å². The van der Waals surface area contributed by atoms with E-state index in [1.807, 2.05) is 12.1 Å². The third-order valence-corrected chi connectivity index (χ3v) is 13.5. The zero-order valence-electron chi connectivity index (χ0n) is 32.5. The Morgan fingerprint density at radius 2 is 1.36 bits per heavy atom. The van der Waals surface area contributed by atoms with Gasteiger partial charge in [-0.25, -0.2) is 13.3 Å². The molecule has 9 rings (SSSR count). The summed E-state index contributed by atoms with van der Waals surface area (Å²) in [5, 5.41) is 4.84. The molecule has 4 aromatic carbocycles. The molecule has 0 spiro atoms. The van der Waals surface area contributed by atoms with E-state index in [1.54, 1.807) is 12.1 Å². The number of allylic oxidation sites excluding steroid dienone is 1. The van der Waals surface area contributed by atoms with Crippen molar-refractivity contribution in [1.29, 1.82) is 0 Å². The van der Waals surface area contributed by atoms with Crippen molar-refractivity contribution in [2.75, 3.05) is 0 Å². The number of unbranched alkanes of at least 4 members (excludes halogenated alkanes) is 1. The van der Waals surface area contributed by atoms with Gasteiger partial charge in [0, 0.05) is 58.9 Å². The summed E-state index contributed by atoms with van der Waals surface area (Å²) in [6.45, 7) is 15.6. The predicted molar refractivity (Wildman–Crippen MR) is 213 cm³/mol. The summed E-state index contributed by atoms with van der Waals surface area (Å²) < 4.78 is 37.6. The molecule has 0 fully saturated rings. The molecule has 268 valence electrons. The second kappa shape index (κ2) is 11.6. The number of aryl methyl sites for hydroxylation is 2. The quantitative estimate of drug-likeness (QED) is 0.146. The molecule has 6 aromatic rings. The summed E-state index contributed by atoms with van der Waals surface area (Å²) in [7, 11) is 2.08. The molecule has 0 atom stereocenters. The first-order chi connectivity index (χ1) is 25.4. The van der Waals surface area contributed by atoms with Gasteiger partial charge >= 0.3 is 0 Å². The fourth-order valence-electron chi connectivity index (χ4n) is 10.8. The van der Waals surface area contributed by atoms with Crippen LogP contribution in [0.2, 0.25) is 0 Å². The van der Waals surface area contributed by atoms with Crippen molar-refractivity contribution in [2.45, 2.75) is 103 Å². The maximum atomic E-state index is 16.5. The minimum atomic E-state index is -0.531. The standard InChI is InChI=1S/C49H50F2N2/c1-9-12-14-29-25-33-22-24-53-46-40(33)36(26-29)48(6,7)44-38(51)20-18-32(42(44)46)28-34(49(53,10-2)11-3)27-31-17-19-37(50)43-41(31)45-39-30(21-23-52(45)8)15-13-16-35(39)47(43,4)5/h13,15-26,28H,9-12,14,27H2,1-8H3/q+2. The van der Waals surface area contributed by atoms with Crippen molar-refractivity contribution >= 4 is 27.6 Å². The number of aromatic nitrogens is 2. The molecule has 0 saturated heterocycles. The number of fused-ring (bicyclic) bond motifs is 2. The number of rotatable bonds is 7. The van der Waals surface area contributed by atoms with Crippen LogP contribution in [0, 0.1) is 11.6 Å². The van der Waals surface area contributed by atoms with Crippen LogP contribution >= 0.6 is 0 Å². The van der Waals surface area contributed by atoms with E-state index in [0.29, 0.717) is 6.42 Å². The highest BCUT2D eigenvalue weighted by molar-refractivity contribution is 6.03. The van der Waals surface area contributed by atoms with E-state index in [0.717, 1.165) is 82.4 Å². The van der Waals surface area contributed by atoms with E-state index in [4.69, 9.17) is 0 Å². The third-order valence-electron chi connectivity index (χ3n) is 13.5. The maximum absolute atomic E-state index is 16.5. The molecule has 0 bridgehead atoms. The van der Waals surface area contributed by atoms with Gasteiger partial charge in [0.05, 0.1) is 21.9 Å². The summed E-state index contributed by atoms with van der Waals surface area (Å²) >= 11 is 0. The van der Waals surface area contributed by atoms with Gasteiger partial charge in [0.2, 0.25) is 11.4 Å². The summed E-state index contributed by atoms with van der Waals surface area (Å²) in [5.74, 6) is -0.311. The smallest absolute Gasteiger partial charge is 0.207 e. The van der Waals surface area contributed by atoms with Gasteiger partial charge in [-0.2, -0.15) is 4.57 Å². The van der Waals surface area contributed by atoms with Crippen LogP contribution in [0.25, 0.3) is 50.1 Å². The lowest BCUT2D eigenvalue weighted by molar-refractivity contribution is -0.745. The van der Waals surface area contributed by atoms with Gasteiger partial charge in [-0.1, -0.05) is 97.4 Å². The van der Waals surface area contributed by atoms with Gasteiger partial charge in [0.15, 0.2) is 17.9 Å². The first-order valence-electron chi connectivity index (χ1n) is 19.7. The topological polar surface area (TPSA) is 7.76 Å². The summed E-state index contributed by atoms with van der Waals surface area (Å²) in [4.78, 5) is 0. The minimum Gasteiger partial charge on any atom is -0.207 e. The van der Waals surface area contributed by atoms with E-state index in [2.05, 4.69) is 126 Å². The van der Waals surface area contributed by atoms with Crippen molar-refractivity contribution in [3.05, 3.63) is 135 Å². The zero-order valence-corrected chi connectivity index (χ0v) is 32.5. The molecular formula is C49H50F2N2+2. The van der Waals surface area contributed by atoms with Crippen LogP contribution in [0.3, 0.4) is 0 Å². The molecule has 2 aliphatic carbocycles. The summed E-state index contributed by atoms with van der Waals surface area (Å²) in [6, 6.07) is 23.1. The molecule has 0 radical (unpaired) electrons. The van der Waals surface area contributed by atoms with Crippen molar-refractivity contribution in [3.63, 3.8) is 0 Å². The molecule has 3 aliphatic rings. The Bertz CT molecular complexity index is 2580. The second-order valence-corrected chi connectivity index (χ2v) is 17.0. The first-order valence-corrected chi connectivity index (χ1v) is 19.7. The van der Waals surface area contributed by atoms with E-state index in [9.17, 15) is 0 Å². The van der Waals surface area contributed by atoms with Gasteiger partial charge in [-0.3, -0.25) is 0 Å². The number of hydrogen-bond donors (Lipinski definition) is 0. The SMILES string of the molecule is CCCCc1cc2c3c4[n+](ccc3c1)C(CC)(CC)C(Cc1ccc(F)c3c1-c1c5c(cccc5cc[n+]1C)C3(C)C)=Cc1ccc(F)c(c1-4)C2(C)C. The van der Waals surface area contributed by atoms with Crippen molar-refractivity contribution in [3.8, 4) is 22.5 Å². The maximum Gasteiger partial charge on any atom is 0.222 e. The Hall–Kier alpha value is -4.70. The second-order valence-electron chi connectivity index (χ2n) is 17.0. The van der Waals surface area contributed by atoms with Crippen molar-refractivity contribution in [1.82, 2.24) is 0 Å². The molecule has 3 heterocycles. The van der Waals surface area contributed by atoms with Crippen LogP contribution < -0.4 is 9.13 Å². The van der Waals surface area contributed by atoms with E-state index in [1.165, 1.54) is 38.2 Å². The van der Waals surface area contributed by atoms with E-state index < -0.39 is 16.4 Å². The van der Waals surface area contributed by atoms with Crippen LogP contribution in [-0.2, 0) is 36.3 Å². The van der Waals surface area contributed by atoms with Crippen molar-refractivity contribution in [2.24, 2.45) is 7.05 Å². The molecule has 53 heavy (non-hydrogen) atoms. The highest BCUT2D eigenvalue weighted by Gasteiger charge is 2.50. The van der Waals surface area contributed by atoms with E-state index in [-0.39, 0.29) is 11.6 Å². The van der Waals surface area contributed by atoms with Crippen LogP contribution in [0.1, 0.15) is 113 Å². The molecular weight excluding hydrogens is 655 g/mol. The van der Waals surface area contributed by atoms with Crippen LogP contribution in [0.5, 0.6) is 0 Å². The molecule has 0 unspecified atom stereocenters. The first kappa shape index (κ1) is 34.1. The fraction of sp³-hybridized carbons (Fsp3) is 0.347. The monoisotopic (exact) mass is 704 g/mol. The number of hydrogen-bond acceptors (Lipinski definition) is 0. The fourth-order valence-corrected chi connectivity index (χ4v) is 10.8. The molecule has 2 aromatic heterocycles. The molecule has 0 saturated carbocycles. The Morgan fingerprint density at radius 3 is 2.09 bits per heavy atom. The molecule has 0 amide bonds. The average Bonchev–Trinajstić information content (AvgIpc) is 3.25. The molecule has 1 aliphatic heterocycles. The van der Waals surface area contributed by atoms with Crippen LogP contribution in [-0.4, -0.2) is 0 Å². The highest BCUT2D eigenvalue weighted by atomic mass is 19.1. The number of pyridine rings is 2. The van der Waals surface area contributed by atoms with Gasteiger partial charge in [0.25, 0.3) is 0 Å². The number of halogens is 2. The normalized spacial score (nSPS) is 16.8. The minimum absolute atomic E-state index is 0.147. The van der Waals surface area contributed by atoms with Gasteiger partial charge < -0.3 is 0 Å². The largest absolute Gasteiger partial charge is 0.222 e. The van der Waals surface area contributed by atoms with E-state index >= 15 is 8.78 Å². The lowest BCUT2D eigenvalue weighted by atomic mass is 9.67. The Kier molecular flexibility index (Phi) is 7.49. The lowest BCUT2D eigenvalue weighted by Crippen LogP contribution is -2.58. The lowest BCUT2D eigenvalue weighted by Gasteiger charge is -2.37. The van der Waals surface area contributed by atoms with Gasteiger partial charge in [-0.05, 0) is 69.6 Å². The Balaban J connectivity index is 1.35. The Labute approximate surface area is 312 Å². The summed E-state index contributed by atoms with van der Waals surface area (Å²) in [5.41, 5.74) is 11.5. The van der Waals surface area contributed by atoms with Gasteiger partial charge in [-0.15, -0.1) is 0 Å². The average molecular weight is 705 g/mol. The summed E-state index contributed by atoms with van der Waals surface area (Å²) in [6.07, 6.45) is 12.4. The number of nitrogens with zero attached hydrogens (tertiary/aromatic N) is 2. The molecule has 0 N–H and O–H groups in total. The van der Waals surface area contributed by atoms with Crippen molar-refractivity contribution < 1.29 is 17.9 Å². The highest BCUT2D eigenvalue weighted by Crippen LogP contribution is 2.54. The molecule has 2 nitrogen and oxygen atoms in total.